The Morgan fingerprint density at radius 3 is 2.79 bits per heavy atom. The minimum Gasteiger partial charge on any atom is -0.305 e. The molecule has 0 radical (unpaired) electrons. The number of hydrogen-bond donors (Lipinski definition) is 1. The molecule has 2 nitrogen and oxygen atoms in total. The quantitative estimate of drug-likeness (QED) is 0.918. The number of aromatic nitrogens is 1. The summed E-state index contributed by atoms with van der Waals surface area (Å²) >= 11 is 6.19. The summed E-state index contributed by atoms with van der Waals surface area (Å²) < 4.78 is 13.6. The third-order valence-electron chi connectivity index (χ3n) is 2.87. The van der Waals surface area contributed by atoms with Crippen LogP contribution in [0.3, 0.4) is 0 Å². The molecule has 1 aromatic heterocycles. The van der Waals surface area contributed by atoms with E-state index in [9.17, 15) is 4.39 Å². The van der Waals surface area contributed by atoms with Crippen LogP contribution < -0.4 is 5.32 Å². The molecule has 1 atom stereocenters. The Balaban J connectivity index is 2.48. The molecule has 1 heterocycles. The number of hydrogen-bond acceptors (Lipinski definition) is 2. The summed E-state index contributed by atoms with van der Waals surface area (Å²) in [4.78, 5) is 4.32. The van der Waals surface area contributed by atoms with Crippen molar-refractivity contribution in [3.8, 4) is 0 Å². The second-order valence-electron chi connectivity index (χ2n) is 4.42. The maximum atomic E-state index is 13.6. The molecule has 0 bridgehead atoms. The first-order valence-corrected chi connectivity index (χ1v) is 6.60. The van der Waals surface area contributed by atoms with Crippen LogP contribution in [0.1, 0.15) is 29.8 Å². The Labute approximate surface area is 117 Å². The molecule has 1 aromatic carbocycles. The summed E-state index contributed by atoms with van der Waals surface area (Å²) in [5, 5.41) is 3.88. The highest BCUT2D eigenvalue weighted by Gasteiger charge is 2.18. The number of aryl methyl sites for hydroxylation is 1. The molecule has 1 unspecified atom stereocenters. The van der Waals surface area contributed by atoms with Gasteiger partial charge in [-0.25, -0.2) is 4.39 Å². The molecular formula is C15H16ClFN2. The first-order chi connectivity index (χ1) is 9.11. The van der Waals surface area contributed by atoms with Gasteiger partial charge < -0.3 is 5.32 Å². The Kier molecular flexibility index (Phi) is 4.51. The van der Waals surface area contributed by atoms with Gasteiger partial charge in [0.25, 0.3) is 0 Å². The van der Waals surface area contributed by atoms with E-state index in [2.05, 4.69) is 10.3 Å². The van der Waals surface area contributed by atoms with E-state index in [1.54, 1.807) is 18.3 Å². The van der Waals surface area contributed by atoms with Crippen LogP contribution in [0.15, 0.2) is 36.5 Å². The predicted octanol–water partition coefficient (Wildman–Crippen LogP) is 3.88. The molecule has 1 N–H and O–H groups in total. The molecule has 0 amide bonds. The van der Waals surface area contributed by atoms with Crippen molar-refractivity contribution in [3.63, 3.8) is 0 Å². The highest BCUT2D eigenvalue weighted by atomic mass is 35.5. The van der Waals surface area contributed by atoms with E-state index in [-0.39, 0.29) is 11.9 Å². The van der Waals surface area contributed by atoms with E-state index >= 15 is 0 Å². The van der Waals surface area contributed by atoms with E-state index in [0.29, 0.717) is 5.02 Å². The normalized spacial score (nSPS) is 12.4. The minimum absolute atomic E-state index is 0.201. The number of rotatable bonds is 4. The lowest BCUT2D eigenvalue weighted by atomic mass is 10.0. The lowest BCUT2D eigenvalue weighted by molar-refractivity contribution is 0.594. The molecule has 0 aliphatic heterocycles. The van der Waals surface area contributed by atoms with Crippen molar-refractivity contribution >= 4 is 11.6 Å². The fourth-order valence-electron chi connectivity index (χ4n) is 2.12. The molecule has 0 fully saturated rings. The second kappa shape index (κ2) is 6.13. The van der Waals surface area contributed by atoms with Crippen LogP contribution in [0.4, 0.5) is 4.39 Å². The zero-order valence-electron chi connectivity index (χ0n) is 11.0. The third kappa shape index (κ3) is 3.31. The van der Waals surface area contributed by atoms with Crippen LogP contribution in [0.2, 0.25) is 5.02 Å². The first-order valence-electron chi connectivity index (χ1n) is 6.22. The maximum absolute atomic E-state index is 13.6. The van der Waals surface area contributed by atoms with Gasteiger partial charge in [-0.05, 0) is 48.9 Å². The molecule has 2 aromatic rings. The summed E-state index contributed by atoms with van der Waals surface area (Å²) in [6.07, 6.45) is 1.69. The maximum Gasteiger partial charge on any atom is 0.123 e. The number of halogens is 2. The van der Waals surface area contributed by atoms with E-state index < -0.39 is 0 Å². The van der Waals surface area contributed by atoms with Crippen LogP contribution in [0.5, 0.6) is 0 Å². The van der Waals surface area contributed by atoms with Gasteiger partial charge in [0, 0.05) is 6.20 Å². The van der Waals surface area contributed by atoms with Gasteiger partial charge in [0.2, 0.25) is 0 Å². The Hall–Kier alpha value is -1.45. The molecule has 0 aliphatic rings. The average Bonchev–Trinajstić information content (AvgIpc) is 2.36. The summed E-state index contributed by atoms with van der Waals surface area (Å²) in [5.41, 5.74) is 2.43. The first kappa shape index (κ1) is 14.0. The zero-order chi connectivity index (χ0) is 13.8. The van der Waals surface area contributed by atoms with Gasteiger partial charge in [-0.3, -0.25) is 4.98 Å². The highest BCUT2D eigenvalue weighted by Crippen LogP contribution is 2.27. The molecule has 2 rings (SSSR count). The second-order valence-corrected chi connectivity index (χ2v) is 4.83. The predicted molar refractivity (Wildman–Crippen MR) is 75.9 cm³/mol. The van der Waals surface area contributed by atoms with Crippen LogP contribution >= 0.6 is 11.6 Å². The van der Waals surface area contributed by atoms with Crippen molar-refractivity contribution in [2.45, 2.75) is 19.9 Å². The van der Waals surface area contributed by atoms with Gasteiger partial charge in [0.15, 0.2) is 0 Å². The van der Waals surface area contributed by atoms with Crippen molar-refractivity contribution in [3.05, 3.63) is 64.2 Å². The molecule has 4 heteroatoms. The summed E-state index contributed by atoms with van der Waals surface area (Å²) in [6.45, 7) is 4.61. The minimum atomic E-state index is -0.245. The molecule has 19 heavy (non-hydrogen) atoms. The summed E-state index contributed by atoms with van der Waals surface area (Å²) in [7, 11) is 0. The lowest BCUT2D eigenvalue weighted by Gasteiger charge is -2.19. The van der Waals surface area contributed by atoms with Crippen LogP contribution in [0, 0.1) is 12.7 Å². The number of benzene rings is 1. The third-order valence-corrected chi connectivity index (χ3v) is 3.19. The van der Waals surface area contributed by atoms with Crippen molar-refractivity contribution in [2.75, 3.05) is 6.54 Å². The highest BCUT2D eigenvalue weighted by molar-refractivity contribution is 6.31. The number of nitrogens with one attached hydrogen (secondary N) is 1. The molecular weight excluding hydrogens is 263 g/mol. The van der Waals surface area contributed by atoms with E-state index in [1.165, 1.54) is 12.1 Å². The molecule has 100 valence electrons. The van der Waals surface area contributed by atoms with Gasteiger partial charge in [-0.1, -0.05) is 24.6 Å². The zero-order valence-corrected chi connectivity index (χ0v) is 11.7. The molecule has 0 saturated carbocycles. The van der Waals surface area contributed by atoms with Gasteiger partial charge in [-0.2, -0.15) is 0 Å². The fourth-order valence-corrected chi connectivity index (χ4v) is 2.35. The molecule has 0 aliphatic carbocycles. The summed E-state index contributed by atoms with van der Waals surface area (Å²) in [6, 6.07) is 8.35. The topological polar surface area (TPSA) is 24.9 Å². The Bertz CT molecular complexity index is 552. The standard InChI is InChI=1S/C15H16ClFN2/c1-3-18-14(15-13(16)5-4-6-19-15)11-7-10(2)8-12(17)9-11/h4-9,14,18H,3H2,1-2H3. The van der Waals surface area contributed by atoms with Gasteiger partial charge in [0.05, 0.1) is 16.8 Å². The van der Waals surface area contributed by atoms with Crippen molar-refractivity contribution in [1.29, 1.82) is 0 Å². The fraction of sp³-hybridized carbons (Fsp3) is 0.267. The number of pyridine rings is 1. The summed E-state index contributed by atoms with van der Waals surface area (Å²) in [5.74, 6) is -0.245. The molecule has 0 spiro atoms. The Morgan fingerprint density at radius 1 is 1.37 bits per heavy atom. The average molecular weight is 279 g/mol. The number of nitrogens with zero attached hydrogens (tertiary/aromatic N) is 1. The van der Waals surface area contributed by atoms with Crippen molar-refractivity contribution < 1.29 is 4.39 Å². The SMILES string of the molecule is CCNC(c1cc(C)cc(F)c1)c1ncccc1Cl. The van der Waals surface area contributed by atoms with E-state index in [0.717, 1.165) is 23.4 Å². The van der Waals surface area contributed by atoms with Gasteiger partial charge in [0.1, 0.15) is 5.82 Å². The lowest BCUT2D eigenvalue weighted by Crippen LogP contribution is -2.23. The van der Waals surface area contributed by atoms with Crippen LogP contribution in [-0.2, 0) is 0 Å². The van der Waals surface area contributed by atoms with E-state index in [1.807, 2.05) is 19.9 Å². The van der Waals surface area contributed by atoms with Crippen molar-refractivity contribution in [2.24, 2.45) is 0 Å². The van der Waals surface area contributed by atoms with Crippen LogP contribution in [-0.4, -0.2) is 11.5 Å². The van der Waals surface area contributed by atoms with Crippen LogP contribution in [0.25, 0.3) is 0 Å². The van der Waals surface area contributed by atoms with Gasteiger partial charge in [-0.15, -0.1) is 0 Å². The van der Waals surface area contributed by atoms with Crippen molar-refractivity contribution in [1.82, 2.24) is 10.3 Å². The molecule has 0 saturated heterocycles. The largest absolute Gasteiger partial charge is 0.305 e. The van der Waals surface area contributed by atoms with Gasteiger partial charge >= 0.3 is 0 Å². The van der Waals surface area contributed by atoms with E-state index in [4.69, 9.17) is 11.6 Å². The Morgan fingerprint density at radius 2 is 2.16 bits per heavy atom. The smallest absolute Gasteiger partial charge is 0.123 e. The monoisotopic (exact) mass is 278 g/mol.